The molecule has 128 valence electrons. The van der Waals surface area contributed by atoms with Crippen LogP contribution in [0.25, 0.3) is 0 Å². The van der Waals surface area contributed by atoms with Gasteiger partial charge in [-0.1, -0.05) is 23.7 Å². The third kappa shape index (κ3) is 5.06. The van der Waals surface area contributed by atoms with Crippen molar-refractivity contribution >= 4 is 17.6 Å². The van der Waals surface area contributed by atoms with E-state index in [1.807, 2.05) is 42.5 Å². The van der Waals surface area contributed by atoms with E-state index in [1.54, 1.807) is 21.3 Å². The fourth-order valence-corrected chi connectivity index (χ4v) is 2.31. The van der Waals surface area contributed by atoms with Gasteiger partial charge >= 0.3 is 0 Å². The van der Waals surface area contributed by atoms with Crippen molar-refractivity contribution in [3.05, 3.63) is 58.6 Å². The van der Waals surface area contributed by atoms with E-state index in [-0.39, 0.29) is 0 Å². The summed E-state index contributed by atoms with van der Waals surface area (Å²) in [6.45, 7) is 1.25. The average Bonchev–Trinajstić information content (AvgIpc) is 2.63. The van der Waals surface area contributed by atoms with Crippen molar-refractivity contribution in [3.63, 3.8) is 0 Å². The molecule has 0 saturated carbocycles. The minimum absolute atomic E-state index is 0.591. The quantitative estimate of drug-likeness (QED) is 0.622. The lowest BCUT2D eigenvalue weighted by Gasteiger charge is -2.14. The highest BCUT2D eigenvalue weighted by molar-refractivity contribution is 6.30. The van der Waals surface area contributed by atoms with Crippen molar-refractivity contribution in [2.75, 3.05) is 21.3 Å². The number of guanidine groups is 1. The molecule has 0 aromatic heterocycles. The van der Waals surface area contributed by atoms with Crippen LogP contribution < -0.4 is 20.1 Å². The van der Waals surface area contributed by atoms with E-state index in [4.69, 9.17) is 21.1 Å². The maximum Gasteiger partial charge on any atom is 0.191 e. The Labute approximate surface area is 147 Å². The van der Waals surface area contributed by atoms with Crippen LogP contribution in [0.4, 0.5) is 0 Å². The molecule has 2 aromatic rings. The second-order valence-corrected chi connectivity index (χ2v) is 5.52. The summed E-state index contributed by atoms with van der Waals surface area (Å²) in [6, 6.07) is 13.4. The van der Waals surface area contributed by atoms with Gasteiger partial charge in [0.15, 0.2) is 5.96 Å². The van der Waals surface area contributed by atoms with Crippen molar-refractivity contribution in [1.29, 1.82) is 0 Å². The van der Waals surface area contributed by atoms with Gasteiger partial charge in [0.05, 0.1) is 14.2 Å². The van der Waals surface area contributed by atoms with Gasteiger partial charge in [-0.25, -0.2) is 0 Å². The molecule has 2 N–H and O–H groups in total. The Hall–Kier alpha value is -2.40. The molecule has 5 nitrogen and oxygen atoms in total. The second kappa shape index (κ2) is 9.03. The van der Waals surface area contributed by atoms with E-state index in [0.29, 0.717) is 19.0 Å². The first-order chi connectivity index (χ1) is 11.7. The van der Waals surface area contributed by atoms with Gasteiger partial charge in [0.2, 0.25) is 0 Å². The van der Waals surface area contributed by atoms with Gasteiger partial charge in [0.1, 0.15) is 11.5 Å². The van der Waals surface area contributed by atoms with Crippen LogP contribution in [0.1, 0.15) is 11.1 Å². The van der Waals surface area contributed by atoms with Gasteiger partial charge in [-0.15, -0.1) is 0 Å². The topological polar surface area (TPSA) is 54.9 Å². The summed E-state index contributed by atoms with van der Waals surface area (Å²) in [6.07, 6.45) is 0. The van der Waals surface area contributed by atoms with Crippen molar-refractivity contribution < 1.29 is 9.47 Å². The van der Waals surface area contributed by atoms with Gasteiger partial charge in [-0.2, -0.15) is 0 Å². The molecule has 0 amide bonds. The maximum atomic E-state index is 5.89. The lowest BCUT2D eigenvalue weighted by molar-refractivity contribution is 0.390. The van der Waals surface area contributed by atoms with Crippen LogP contribution in [0.3, 0.4) is 0 Å². The molecule has 0 aliphatic carbocycles. The molecule has 0 aliphatic rings. The fourth-order valence-electron chi connectivity index (χ4n) is 2.19. The molecule has 0 fully saturated rings. The summed E-state index contributed by atoms with van der Waals surface area (Å²) in [5.41, 5.74) is 2.15. The molecule has 0 aliphatic heterocycles. The zero-order valence-corrected chi connectivity index (χ0v) is 14.9. The highest BCUT2D eigenvalue weighted by atomic mass is 35.5. The van der Waals surface area contributed by atoms with E-state index >= 15 is 0 Å². The van der Waals surface area contributed by atoms with Crippen LogP contribution in [-0.2, 0) is 13.1 Å². The van der Waals surface area contributed by atoms with Crippen LogP contribution in [0, 0.1) is 0 Å². The number of halogens is 1. The molecular weight excluding hydrogens is 326 g/mol. The van der Waals surface area contributed by atoms with Crippen molar-refractivity contribution in [3.8, 4) is 11.5 Å². The third-order valence-electron chi connectivity index (χ3n) is 3.54. The number of ether oxygens (including phenoxy) is 2. The minimum Gasteiger partial charge on any atom is -0.497 e. The molecule has 0 saturated heterocycles. The van der Waals surface area contributed by atoms with E-state index < -0.39 is 0 Å². The summed E-state index contributed by atoms with van der Waals surface area (Å²) in [5, 5.41) is 7.27. The zero-order chi connectivity index (χ0) is 17.4. The van der Waals surface area contributed by atoms with Crippen LogP contribution in [-0.4, -0.2) is 27.2 Å². The average molecular weight is 348 g/mol. The number of methoxy groups -OCH3 is 2. The Bertz CT molecular complexity index is 687. The van der Waals surface area contributed by atoms with Crippen LogP contribution in [0.2, 0.25) is 5.02 Å². The Balaban J connectivity index is 1.93. The summed E-state index contributed by atoms with van der Waals surface area (Å²) in [7, 11) is 5.02. The highest BCUT2D eigenvalue weighted by Crippen LogP contribution is 2.24. The normalized spacial score (nSPS) is 11.1. The standard InChI is InChI=1S/C18H22ClN3O2/c1-20-18(21-11-13-4-7-15(19)8-5-13)22-12-14-6-9-16(23-2)10-17(14)24-3/h4-10H,11-12H2,1-3H3,(H2,20,21,22). The molecule has 24 heavy (non-hydrogen) atoms. The molecule has 0 radical (unpaired) electrons. The van der Waals surface area contributed by atoms with Crippen LogP contribution in [0.15, 0.2) is 47.5 Å². The maximum absolute atomic E-state index is 5.89. The van der Waals surface area contributed by atoms with Gasteiger partial charge in [0.25, 0.3) is 0 Å². The number of benzene rings is 2. The second-order valence-electron chi connectivity index (χ2n) is 5.08. The summed E-state index contributed by atoms with van der Waals surface area (Å²) >= 11 is 5.89. The SMILES string of the molecule is CN=C(NCc1ccc(Cl)cc1)NCc1ccc(OC)cc1OC. The summed E-state index contributed by atoms with van der Waals surface area (Å²) < 4.78 is 10.6. The van der Waals surface area contributed by atoms with Gasteiger partial charge < -0.3 is 20.1 Å². The number of nitrogens with one attached hydrogen (secondary N) is 2. The molecule has 2 aromatic carbocycles. The Kier molecular flexibility index (Phi) is 6.75. The molecule has 0 heterocycles. The third-order valence-corrected chi connectivity index (χ3v) is 3.79. The largest absolute Gasteiger partial charge is 0.497 e. The zero-order valence-electron chi connectivity index (χ0n) is 14.1. The van der Waals surface area contributed by atoms with Crippen molar-refractivity contribution in [2.45, 2.75) is 13.1 Å². The number of aliphatic imine (C=N–C) groups is 1. The van der Waals surface area contributed by atoms with Crippen LogP contribution >= 0.6 is 11.6 Å². The minimum atomic E-state index is 0.591. The smallest absolute Gasteiger partial charge is 0.191 e. The fraction of sp³-hybridized carbons (Fsp3) is 0.278. The molecule has 6 heteroatoms. The van der Waals surface area contributed by atoms with Gasteiger partial charge in [-0.05, 0) is 29.8 Å². The van der Waals surface area contributed by atoms with E-state index in [0.717, 1.165) is 27.6 Å². The van der Waals surface area contributed by atoms with Gasteiger partial charge in [-0.3, -0.25) is 4.99 Å². The molecular formula is C18H22ClN3O2. The Morgan fingerprint density at radius 1 is 1.00 bits per heavy atom. The van der Waals surface area contributed by atoms with Crippen molar-refractivity contribution in [2.24, 2.45) is 4.99 Å². The molecule has 2 rings (SSSR count). The Morgan fingerprint density at radius 2 is 1.71 bits per heavy atom. The van der Waals surface area contributed by atoms with Crippen molar-refractivity contribution in [1.82, 2.24) is 10.6 Å². The monoisotopic (exact) mass is 347 g/mol. The predicted octanol–water partition coefficient (Wildman–Crippen LogP) is 3.22. The number of nitrogens with zero attached hydrogens (tertiary/aromatic N) is 1. The molecule has 0 spiro atoms. The molecule has 0 atom stereocenters. The first-order valence-corrected chi connectivity index (χ1v) is 7.94. The molecule has 0 bridgehead atoms. The number of hydrogen-bond donors (Lipinski definition) is 2. The summed E-state index contributed by atoms with van der Waals surface area (Å²) in [5.74, 6) is 2.25. The van der Waals surface area contributed by atoms with E-state index in [1.165, 1.54) is 0 Å². The first kappa shape index (κ1) is 17.9. The van der Waals surface area contributed by atoms with Crippen LogP contribution in [0.5, 0.6) is 11.5 Å². The lowest BCUT2D eigenvalue weighted by atomic mass is 10.2. The molecule has 0 unspecified atom stereocenters. The van der Waals surface area contributed by atoms with E-state index in [2.05, 4.69) is 15.6 Å². The predicted molar refractivity (Wildman–Crippen MR) is 98.0 cm³/mol. The van der Waals surface area contributed by atoms with E-state index in [9.17, 15) is 0 Å². The highest BCUT2D eigenvalue weighted by Gasteiger charge is 2.06. The summed E-state index contributed by atoms with van der Waals surface area (Å²) in [4.78, 5) is 4.23. The van der Waals surface area contributed by atoms with Gasteiger partial charge in [0, 0.05) is 36.8 Å². The lowest BCUT2D eigenvalue weighted by Crippen LogP contribution is -2.36. The first-order valence-electron chi connectivity index (χ1n) is 7.56. The number of hydrogen-bond acceptors (Lipinski definition) is 3. The Morgan fingerprint density at radius 3 is 2.33 bits per heavy atom. The number of rotatable bonds is 6.